The molecule has 0 aliphatic rings. The van der Waals surface area contributed by atoms with Gasteiger partial charge in [0.2, 0.25) is 0 Å². The molecule has 0 aromatic rings. The molecular weight excluding hydrogens is 355 g/mol. The Balaban J connectivity index is 3.14. The minimum atomic E-state index is -4.51. The quantitative estimate of drug-likeness (QED) is 0.199. The van der Waals surface area contributed by atoms with E-state index in [1.54, 1.807) is 0 Å². The molecule has 0 fully saturated rings. The highest BCUT2D eigenvalue weighted by Gasteiger charge is 2.16. The molecule has 1 atom stereocenters. The van der Waals surface area contributed by atoms with Gasteiger partial charge in [-0.05, 0) is 6.42 Å². The molecule has 0 radical (unpaired) electrons. The Morgan fingerprint density at radius 2 is 1.15 bits per heavy atom. The fraction of sp³-hybridized carbons (Fsp3) is 1.00. The van der Waals surface area contributed by atoms with Crippen LogP contribution in [0, 0.1) is 0 Å². The van der Waals surface area contributed by atoms with E-state index in [4.69, 9.17) is 14.5 Å². The lowest BCUT2D eigenvalue weighted by Crippen LogP contribution is -2.21. The lowest BCUT2D eigenvalue weighted by Gasteiger charge is -2.12. The highest BCUT2D eigenvalue weighted by molar-refractivity contribution is 7.46. The average Bonchev–Trinajstić information content (AvgIpc) is 2.59. The van der Waals surface area contributed by atoms with Gasteiger partial charge in [-0.25, -0.2) is 4.57 Å². The fourth-order valence-electron chi connectivity index (χ4n) is 2.85. The number of hydrogen-bond acceptors (Lipinski definition) is 4. The maximum atomic E-state index is 10.5. The SMILES string of the molecule is CCCCCCCCCCCCCCCCOC[C@H](O)COP(=O)(O)O. The predicted octanol–water partition coefficient (Wildman–Crippen LogP) is 4.95. The third kappa shape index (κ3) is 22.1. The number of hydrogen-bond donors (Lipinski definition) is 3. The van der Waals surface area contributed by atoms with Crippen LogP contribution in [0.15, 0.2) is 0 Å². The molecule has 0 heterocycles. The number of phosphoric ester groups is 1. The molecule has 0 aliphatic heterocycles. The largest absolute Gasteiger partial charge is 0.469 e. The molecule has 6 nitrogen and oxygen atoms in total. The molecule has 0 saturated carbocycles. The van der Waals surface area contributed by atoms with Gasteiger partial charge in [-0.15, -0.1) is 0 Å². The van der Waals surface area contributed by atoms with E-state index in [0.717, 1.165) is 12.8 Å². The zero-order valence-electron chi connectivity index (χ0n) is 16.6. The van der Waals surface area contributed by atoms with Crippen LogP contribution in [0.5, 0.6) is 0 Å². The molecule has 7 heteroatoms. The summed E-state index contributed by atoms with van der Waals surface area (Å²) >= 11 is 0. The number of rotatable bonds is 20. The van der Waals surface area contributed by atoms with Crippen LogP contribution in [0.2, 0.25) is 0 Å². The van der Waals surface area contributed by atoms with E-state index in [-0.39, 0.29) is 6.61 Å². The molecule has 158 valence electrons. The van der Waals surface area contributed by atoms with Crippen molar-refractivity contribution in [2.24, 2.45) is 0 Å². The Hall–Kier alpha value is 0.0300. The third-order valence-electron chi connectivity index (χ3n) is 4.39. The van der Waals surface area contributed by atoms with Gasteiger partial charge in [0, 0.05) is 6.61 Å². The summed E-state index contributed by atoms with van der Waals surface area (Å²) in [7, 11) is -4.51. The van der Waals surface area contributed by atoms with Gasteiger partial charge >= 0.3 is 7.82 Å². The van der Waals surface area contributed by atoms with Crippen LogP contribution in [0.1, 0.15) is 96.8 Å². The van der Waals surface area contributed by atoms with E-state index >= 15 is 0 Å². The summed E-state index contributed by atoms with van der Waals surface area (Å²) in [4.78, 5) is 17.0. The maximum absolute atomic E-state index is 10.5. The molecule has 0 spiro atoms. The Bertz CT molecular complexity index is 334. The molecule has 3 N–H and O–H groups in total. The van der Waals surface area contributed by atoms with Crippen molar-refractivity contribution in [3.8, 4) is 0 Å². The maximum Gasteiger partial charge on any atom is 0.469 e. The first kappa shape index (κ1) is 26.0. The summed E-state index contributed by atoms with van der Waals surface area (Å²) < 4.78 is 20.0. The Morgan fingerprint density at radius 1 is 0.731 bits per heavy atom. The van der Waals surface area contributed by atoms with Gasteiger partial charge in [0.15, 0.2) is 0 Å². The van der Waals surface area contributed by atoms with Crippen LogP contribution >= 0.6 is 7.82 Å². The van der Waals surface area contributed by atoms with Crippen LogP contribution in [0.4, 0.5) is 0 Å². The molecule has 0 unspecified atom stereocenters. The van der Waals surface area contributed by atoms with E-state index in [2.05, 4.69) is 11.4 Å². The van der Waals surface area contributed by atoms with Crippen molar-refractivity contribution < 1.29 is 28.7 Å². The first-order valence-corrected chi connectivity index (χ1v) is 11.9. The van der Waals surface area contributed by atoms with Gasteiger partial charge in [0.05, 0.1) is 13.2 Å². The Kier molecular flexibility index (Phi) is 18.4. The topological polar surface area (TPSA) is 96.2 Å². The molecule has 26 heavy (non-hydrogen) atoms. The van der Waals surface area contributed by atoms with Gasteiger partial charge in [0.25, 0.3) is 0 Å². The minimum Gasteiger partial charge on any atom is -0.388 e. The molecule has 0 rings (SSSR count). The molecule has 0 bridgehead atoms. The lowest BCUT2D eigenvalue weighted by molar-refractivity contribution is 0.00476. The van der Waals surface area contributed by atoms with Crippen molar-refractivity contribution in [3.63, 3.8) is 0 Å². The minimum absolute atomic E-state index is 0.0401. The summed E-state index contributed by atoms with van der Waals surface area (Å²) in [5.74, 6) is 0. The van der Waals surface area contributed by atoms with Gasteiger partial charge in [-0.2, -0.15) is 0 Å². The van der Waals surface area contributed by atoms with E-state index in [0.29, 0.717) is 6.61 Å². The third-order valence-corrected chi connectivity index (χ3v) is 4.87. The van der Waals surface area contributed by atoms with Crippen molar-refractivity contribution in [3.05, 3.63) is 0 Å². The van der Waals surface area contributed by atoms with Crippen molar-refractivity contribution in [2.45, 2.75) is 103 Å². The van der Waals surface area contributed by atoms with Crippen molar-refractivity contribution in [1.29, 1.82) is 0 Å². The molecule has 0 saturated heterocycles. The number of unbranched alkanes of at least 4 members (excludes halogenated alkanes) is 13. The van der Waals surface area contributed by atoms with Crippen LogP contribution in [0.3, 0.4) is 0 Å². The number of aliphatic hydroxyl groups is 1. The van der Waals surface area contributed by atoms with E-state index in [1.807, 2.05) is 0 Å². The van der Waals surface area contributed by atoms with Crippen LogP contribution < -0.4 is 0 Å². The van der Waals surface area contributed by atoms with Crippen molar-refractivity contribution >= 4 is 7.82 Å². The smallest absolute Gasteiger partial charge is 0.388 e. The zero-order valence-corrected chi connectivity index (χ0v) is 17.5. The Labute approximate surface area is 159 Å². The van der Waals surface area contributed by atoms with Crippen LogP contribution in [-0.4, -0.2) is 40.8 Å². The van der Waals surface area contributed by atoms with E-state index < -0.39 is 20.5 Å². The lowest BCUT2D eigenvalue weighted by atomic mass is 10.0. The van der Waals surface area contributed by atoms with E-state index in [1.165, 1.54) is 77.0 Å². The number of phosphoric acid groups is 1. The monoisotopic (exact) mass is 396 g/mol. The normalized spacial score (nSPS) is 13.2. The van der Waals surface area contributed by atoms with Gasteiger partial charge in [-0.1, -0.05) is 90.4 Å². The van der Waals surface area contributed by atoms with Gasteiger partial charge in [0.1, 0.15) is 6.10 Å². The highest BCUT2D eigenvalue weighted by Crippen LogP contribution is 2.35. The standard InChI is InChI=1S/C19H41O6P/c1-2-3-4-5-6-7-8-9-10-11-12-13-14-15-16-24-17-19(20)18-25-26(21,22)23/h19-20H,2-18H2,1H3,(H2,21,22,23)/t19-/m0/s1. The van der Waals surface area contributed by atoms with Crippen molar-refractivity contribution in [1.82, 2.24) is 0 Å². The highest BCUT2D eigenvalue weighted by atomic mass is 31.2. The fourth-order valence-corrected chi connectivity index (χ4v) is 3.22. The summed E-state index contributed by atoms with van der Waals surface area (Å²) in [5.41, 5.74) is 0. The van der Waals surface area contributed by atoms with E-state index in [9.17, 15) is 9.67 Å². The van der Waals surface area contributed by atoms with Crippen LogP contribution in [0.25, 0.3) is 0 Å². The summed E-state index contributed by atoms with van der Waals surface area (Å²) in [6.07, 6.45) is 17.3. The predicted molar refractivity (Wildman–Crippen MR) is 105 cm³/mol. The molecule has 0 aromatic carbocycles. The van der Waals surface area contributed by atoms with Gasteiger partial charge < -0.3 is 19.6 Å². The second kappa shape index (κ2) is 18.4. The first-order chi connectivity index (χ1) is 12.5. The van der Waals surface area contributed by atoms with Crippen LogP contribution in [-0.2, 0) is 13.8 Å². The molecular formula is C19H41O6P. The molecule has 0 aromatic heterocycles. The average molecular weight is 397 g/mol. The second-order valence-corrected chi connectivity index (χ2v) is 8.35. The molecule has 0 aliphatic carbocycles. The molecule has 0 amide bonds. The summed E-state index contributed by atoms with van der Waals surface area (Å²) in [6.45, 7) is 2.44. The zero-order chi connectivity index (χ0) is 19.5. The van der Waals surface area contributed by atoms with Crippen molar-refractivity contribution in [2.75, 3.05) is 19.8 Å². The number of ether oxygens (including phenoxy) is 1. The summed E-state index contributed by atoms with van der Waals surface area (Å²) in [6, 6.07) is 0. The Morgan fingerprint density at radius 3 is 1.58 bits per heavy atom. The number of aliphatic hydroxyl groups excluding tert-OH is 1. The second-order valence-electron chi connectivity index (χ2n) is 7.11. The first-order valence-electron chi connectivity index (χ1n) is 10.4. The summed E-state index contributed by atoms with van der Waals surface area (Å²) in [5, 5.41) is 9.43. The van der Waals surface area contributed by atoms with Gasteiger partial charge in [-0.3, -0.25) is 4.52 Å².